The van der Waals surface area contributed by atoms with E-state index in [1.165, 1.54) is 0 Å². The number of aromatic nitrogens is 5. The van der Waals surface area contributed by atoms with E-state index in [1.54, 1.807) is 37.0 Å². The molecule has 0 aliphatic heterocycles. The summed E-state index contributed by atoms with van der Waals surface area (Å²) in [6.07, 6.45) is 0. The summed E-state index contributed by atoms with van der Waals surface area (Å²) < 4.78 is 6.87. The number of rotatable bonds is 4. The maximum absolute atomic E-state index is 12.5. The first-order valence-corrected chi connectivity index (χ1v) is 7.94. The Morgan fingerprint density at radius 2 is 1.96 bits per heavy atom. The maximum Gasteiger partial charge on any atom is 0.256 e. The van der Waals surface area contributed by atoms with Crippen molar-refractivity contribution in [2.75, 3.05) is 12.4 Å². The van der Waals surface area contributed by atoms with Gasteiger partial charge in [0.05, 0.1) is 12.8 Å². The minimum atomic E-state index is -0.241. The number of nitrogens with zero attached hydrogens (tertiary/aromatic N) is 4. The molecule has 26 heavy (non-hydrogen) atoms. The zero-order valence-corrected chi connectivity index (χ0v) is 14.2. The van der Waals surface area contributed by atoms with Crippen molar-refractivity contribution < 1.29 is 9.53 Å². The maximum atomic E-state index is 12.5. The Kier molecular flexibility index (Phi) is 3.85. The van der Waals surface area contributed by atoms with E-state index in [-0.39, 0.29) is 5.91 Å². The Morgan fingerprint density at radius 3 is 2.81 bits per heavy atom. The molecule has 0 saturated carbocycles. The van der Waals surface area contributed by atoms with Crippen LogP contribution in [0.4, 0.5) is 5.82 Å². The molecule has 130 valence electrons. The van der Waals surface area contributed by atoms with Gasteiger partial charge in [-0.3, -0.25) is 9.48 Å². The van der Waals surface area contributed by atoms with Gasteiger partial charge in [-0.05, 0) is 30.3 Å². The molecule has 2 aromatic carbocycles. The van der Waals surface area contributed by atoms with Crippen molar-refractivity contribution in [3.05, 3.63) is 54.1 Å². The number of methoxy groups -OCH3 is 1. The van der Waals surface area contributed by atoms with E-state index in [1.807, 2.05) is 30.3 Å². The molecule has 0 saturated heterocycles. The first-order valence-electron chi connectivity index (χ1n) is 7.94. The lowest BCUT2D eigenvalue weighted by Gasteiger charge is -2.04. The molecule has 2 N–H and O–H groups in total. The average molecular weight is 348 g/mol. The topological polar surface area (TPSA) is 97.7 Å². The van der Waals surface area contributed by atoms with Crippen LogP contribution in [0.1, 0.15) is 10.4 Å². The second-order valence-electron chi connectivity index (χ2n) is 5.75. The van der Waals surface area contributed by atoms with Gasteiger partial charge in [0.15, 0.2) is 0 Å². The van der Waals surface area contributed by atoms with Gasteiger partial charge in [-0.2, -0.15) is 20.5 Å². The van der Waals surface area contributed by atoms with Gasteiger partial charge >= 0.3 is 0 Å². The molecule has 2 aromatic heterocycles. The van der Waals surface area contributed by atoms with Crippen molar-refractivity contribution in [2.45, 2.75) is 0 Å². The predicted octanol–water partition coefficient (Wildman–Crippen LogP) is 2.62. The minimum Gasteiger partial charge on any atom is -0.497 e. The third-order valence-electron chi connectivity index (χ3n) is 4.07. The molecule has 0 aliphatic rings. The summed E-state index contributed by atoms with van der Waals surface area (Å²) in [5, 5.41) is 17.9. The van der Waals surface area contributed by atoms with E-state index in [0.29, 0.717) is 22.4 Å². The van der Waals surface area contributed by atoms with Crippen LogP contribution in [-0.4, -0.2) is 38.2 Å². The highest BCUT2D eigenvalue weighted by Crippen LogP contribution is 2.25. The number of aryl methyl sites for hydroxylation is 1. The molecule has 4 aromatic rings. The zero-order chi connectivity index (χ0) is 18.1. The van der Waals surface area contributed by atoms with Crippen LogP contribution in [0.2, 0.25) is 0 Å². The summed E-state index contributed by atoms with van der Waals surface area (Å²) in [6, 6.07) is 14.6. The lowest BCUT2D eigenvalue weighted by atomic mass is 10.1. The molecule has 0 fully saturated rings. The van der Waals surface area contributed by atoms with Crippen molar-refractivity contribution in [2.24, 2.45) is 7.05 Å². The summed E-state index contributed by atoms with van der Waals surface area (Å²) >= 11 is 0. The normalized spacial score (nSPS) is 10.8. The van der Waals surface area contributed by atoms with Crippen LogP contribution in [0.15, 0.2) is 48.5 Å². The molecule has 4 rings (SSSR count). The number of carbonyl (C=O) groups excluding carboxylic acids is 1. The zero-order valence-electron chi connectivity index (χ0n) is 14.2. The smallest absolute Gasteiger partial charge is 0.256 e. The molecule has 8 heteroatoms. The molecule has 0 atom stereocenters. The fourth-order valence-corrected chi connectivity index (χ4v) is 2.68. The van der Waals surface area contributed by atoms with E-state index in [2.05, 4.69) is 25.8 Å². The Morgan fingerprint density at radius 1 is 1.12 bits per heavy atom. The van der Waals surface area contributed by atoms with Gasteiger partial charge in [-0.15, -0.1) is 0 Å². The molecule has 1 amide bonds. The molecule has 8 nitrogen and oxygen atoms in total. The molecular weight excluding hydrogens is 332 g/mol. The molecule has 0 unspecified atom stereocenters. The monoisotopic (exact) mass is 348 g/mol. The third-order valence-corrected chi connectivity index (χ3v) is 4.07. The Bertz CT molecular complexity index is 1100. The standard InChI is InChI=1S/C18H16N6O2/c1-24-17(10-15(22-24)11-4-3-5-13(8-11)26-2)19-18(25)12-6-7-14-16(9-12)21-23-20-14/h3-10H,1-2H3,(H,19,25)(H,20,21,23). The van der Waals surface area contributed by atoms with Gasteiger partial charge in [0.1, 0.15) is 22.6 Å². The van der Waals surface area contributed by atoms with Crippen molar-refractivity contribution in [1.82, 2.24) is 25.2 Å². The van der Waals surface area contributed by atoms with E-state index in [9.17, 15) is 4.79 Å². The van der Waals surface area contributed by atoms with Gasteiger partial charge in [0.2, 0.25) is 0 Å². The van der Waals surface area contributed by atoms with Crippen molar-refractivity contribution in [1.29, 1.82) is 0 Å². The quantitative estimate of drug-likeness (QED) is 0.591. The van der Waals surface area contributed by atoms with E-state index in [4.69, 9.17) is 4.74 Å². The van der Waals surface area contributed by atoms with Crippen molar-refractivity contribution in [3.8, 4) is 17.0 Å². The number of aromatic amines is 1. The average Bonchev–Trinajstić information content (AvgIpc) is 3.28. The summed E-state index contributed by atoms with van der Waals surface area (Å²) in [5.41, 5.74) is 3.50. The molecule has 0 spiro atoms. The second kappa shape index (κ2) is 6.32. The van der Waals surface area contributed by atoms with Crippen LogP contribution < -0.4 is 10.1 Å². The number of benzene rings is 2. The molecular formula is C18H16N6O2. The Labute approximate surface area is 148 Å². The third kappa shape index (κ3) is 2.88. The number of H-pyrrole nitrogens is 1. The van der Waals surface area contributed by atoms with Gasteiger partial charge in [0.25, 0.3) is 5.91 Å². The van der Waals surface area contributed by atoms with Crippen LogP contribution in [0.3, 0.4) is 0 Å². The lowest BCUT2D eigenvalue weighted by molar-refractivity contribution is 0.102. The largest absolute Gasteiger partial charge is 0.497 e. The van der Waals surface area contributed by atoms with E-state index in [0.717, 1.165) is 17.0 Å². The fourth-order valence-electron chi connectivity index (χ4n) is 2.68. The van der Waals surface area contributed by atoms with Crippen LogP contribution >= 0.6 is 0 Å². The number of fused-ring (bicyclic) bond motifs is 1. The van der Waals surface area contributed by atoms with Crippen LogP contribution in [0.25, 0.3) is 22.3 Å². The number of hydrogen-bond donors (Lipinski definition) is 2. The van der Waals surface area contributed by atoms with Crippen molar-refractivity contribution >= 4 is 22.8 Å². The Balaban J connectivity index is 1.59. The van der Waals surface area contributed by atoms with Crippen LogP contribution in [0, 0.1) is 0 Å². The fraction of sp³-hybridized carbons (Fsp3) is 0.111. The second-order valence-corrected chi connectivity index (χ2v) is 5.75. The highest BCUT2D eigenvalue weighted by atomic mass is 16.5. The molecule has 2 heterocycles. The number of nitrogens with one attached hydrogen (secondary N) is 2. The van der Waals surface area contributed by atoms with Gasteiger partial charge in [-0.1, -0.05) is 12.1 Å². The van der Waals surface area contributed by atoms with Gasteiger partial charge in [-0.25, -0.2) is 0 Å². The van der Waals surface area contributed by atoms with Gasteiger partial charge < -0.3 is 10.1 Å². The number of carbonyl (C=O) groups is 1. The summed E-state index contributed by atoms with van der Waals surface area (Å²) in [7, 11) is 3.40. The number of amides is 1. The van der Waals surface area contributed by atoms with E-state index < -0.39 is 0 Å². The predicted molar refractivity (Wildman–Crippen MR) is 97.0 cm³/mol. The SMILES string of the molecule is COc1cccc(-c2cc(NC(=O)c3ccc4n[nH]nc4c3)n(C)n2)c1. The number of anilines is 1. The minimum absolute atomic E-state index is 0.241. The van der Waals surface area contributed by atoms with Gasteiger partial charge in [0, 0.05) is 24.2 Å². The van der Waals surface area contributed by atoms with Crippen LogP contribution in [-0.2, 0) is 7.05 Å². The number of hydrogen-bond acceptors (Lipinski definition) is 5. The van der Waals surface area contributed by atoms with Crippen LogP contribution in [0.5, 0.6) is 5.75 Å². The summed E-state index contributed by atoms with van der Waals surface area (Å²) in [4.78, 5) is 12.5. The van der Waals surface area contributed by atoms with Crippen molar-refractivity contribution in [3.63, 3.8) is 0 Å². The first-order chi connectivity index (χ1) is 12.6. The summed E-state index contributed by atoms with van der Waals surface area (Å²) in [6.45, 7) is 0. The highest BCUT2D eigenvalue weighted by molar-refractivity contribution is 6.05. The molecule has 0 radical (unpaired) electrons. The highest BCUT2D eigenvalue weighted by Gasteiger charge is 2.13. The summed E-state index contributed by atoms with van der Waals surface area (Å²) in [5.74, 6) is 1.10. The molecule has 0 bridgehead atoms. The Hall–Kier alpha value is -3.68. The lowest BCUT2D eigenvalue weighted by Crippen LogP contribution is -2.14. The molecule has 0 aliphatic carbocycles. The first kappa shape index (κ1) is 15.8. The van der Waals surface area contributed by atoms with E-state index >= 15 is 0 Å². The number of ether oxygens (including phenoxy) is 1.